The van der Waals surface area contributed by atoms with E-state index in [1.165, 1.54) is 62.0 Å². The molecule has 2 saturated carbocycles. The van der Waals surface area contributed by atoms with Gasteiger partial charge in [0.25, 0.3) is 0 Å². The maximum absolute atomic E-state index is 13.7. The molecule has 0 aliphatic heterocycles. The minimum atomic E-state index is -1.14. The molecule has 5 rings (SSSR count). The number of halogens is 3. The van der Waals surface area contributed by atoms with Crippen LogP contribution in [0.5, 0.6) is 0 Å². The summed E-state index contributed by atoms with van der Waals surface area (Å²) >= 11 is 3.35. The molecule has 1 nitrogen and oxygen atoms in total. The van der Waals surface area contributed by atoms with Gasteiger partial charge in [-0.1, -0.05) is 37.7 Å². The minimum absolute atomic E-state index is 0. The first kappa shape index (κ1) is 50.3. The van der Waals surface area contributed by atoms with Gasteiger partial charge in [-0.05, 0) is 116 Å². The van der Waals surface area contributed by atoms with Gasteiger partial charge in [0, 0.05) is 13.8 Å². The van der Waals surface area contributed by atoms with E-state index in [1.807, 2.05) is 30.3 Å². The maximum atomic E-state index is 13.7. The van der Waals surface area contributed by atoms with E-state index >= 15 is 0 Å². The van der Waals surface area contributed by atoms with Crippen molar-refractivity contribution < 1.29 is 40.4 Å². The molecule has 2 aliphatic carbocycles. The summed E-state index contributed by atoms with van der Waals surface area (Å²) in [6.07, 6.45) is 11.3. The van der Waals surface area contributed by atoms with Crippen molar-refractivity contribution in [3.63, 3.8) is 0 Å². The SMILES string of the molecule is C1CCCC1.C[C@H](C1CCCC1[PH+](c1ccc(F)cc1)c1ccc(F)cc1)[PH+](C(C)(C)C)C(C)(C)C.N#Cc1cc[c-]cc1.[CH3-].[CH3-].[Cl][Ni].[Fe+2]. The first-order chi connectivity index (χ1) is 21.8. The van der Waals surface area contributed by atoms with Crippen LogP contribution < -0.4 is 10.6 Å². The van der Waals surface area contributed by atoms with Crippen molar-refractivity contribution in [1.29, 1.82) is 5.26 Å². The van der Waals surface area contributed by atoms with E-state index in [2.05, 4.69) is 79.3 Å². The van der Waals surface area contributed by atoms with E-state index in [0.717, 1.165) is 0 Å². The monoisotopic (exact) mass is 815 g/mol. The topological polar surface area (TPSA) is 23.8 Å². The molecule has 2 fully saturated rings. The number of rotatable bonds is 5. The first-order valence-electron chi connectivity index (χ1n) is 16.6. The van der Waals surface area contributed by atoms with Gasteiger partial charge in [0.05, 0.1) is 46.2 Å². The number of nitriles is 1. The Labute approximate surface area is 324 Å². The van der Waals surface area contributed by atoms with E-state index in [0.29, 0.717) is 33.1 Å². The summed E-state index contributed by atoms with van der Waals surface area (Å²) in [6.45, 7) is 17.1. The van der Waals surface area contributed by atoms with E-state index in [4.69, 9.17) is 5.26 Å². The Morgan fingerprint density at radius 1 is 0.735 bits per heavy atom. The first-order valence-corrected chi connectivity index (χ1v) is 21.1. The van der Waals surface area contributed by atoms with Crippen molar-refractivity contribution in [1.82, 2.24) is 0 Å². The normalized spacial score (nSPS) is 17.2. The van der Waals surface area contributed by atoms with Crippen LogP contribution in [0.15, 0.2) is 72.8 Å². The number of hydrogen-bond acceptors (Lipinski definition) is 1. The second kappa shape index (κ2) is 25.2. The van der Waals surface area contributed by atoms with Crippen molar-refractivity contribution in [2.24, 2.45) is 5.92 Å². The Hall–Kier alpha value is -0.827. The Bertz CT molecular complexity index is 1240. The summed E-state index contributed by atoms with van der Waals surface area (Å²) in [7, 11) is 2.44. The van der Waals surface area contributed by atoms with Crippen LogP contribution >= 0.6 is 26.0 Å². The Morgan fingerprint density at radius 2 is 1.12 bits per heavy atom. The summed E-state index contributed by atoms with van der Waals surface area (Å²) in [6, 6.07) is 26.0. The van der Waals surface area contributed by atoms with Gasteiger partial charge in [-0.2, -0.15) is 35.6 Å². The molecule has 3 aromatic rings. The quantitative estimate of drug-likeness (QED) is 0.143. The number of nitrogens with zero attached hydrogens (tertiary/aromatic N) is 1. The molecule has 0 saturated heterocycles. The minimum Gasteiger partial charge on any atom is 2.00 e. The molecule has 0 aromatic heterocycles. The summed E-state index contributed by atoms with van der Waals surface area (Å²) in [4.78, 5) is 0. The maximum Gasteiger partial charge on any atom is 2.00 e. The van der Waals surface area contributed by atoms with Gasteiger partial charge in [0.1, 0.15) is 11.6 Å². The standard InChI is InChI=1S/C27H38F2P2.C7H4N.C5H10.2CH3.ClH.Fe.Ni/c1-19(31(26(2,3)4)27(5,6)7)24-9-8-10-25(24)30(22-15-11-20(28)12-16-22)23-17-13-21(29)14-18-23;8-6-7-4-2-1-3-5-7;1-2-4-5-3-1;;;;;/h11-19,24-25H,8-10H2,1-7H3;2-5H;1-5H2;2*1H3;1H;;/q;-1;;2*-1;;+2;+1/p+1/t19-,24?,25?;;;;;;;/m1......./s1. The predicted octanol–water partition coefficient (Wildman–Crippen LogP) is 12.4. The van der Waals surface area contributed by atoms with Crippen LogP contribution in [-0.4, -0.2) is 21.6 Å². The molecule has 49 heavy (non-hydrogen) atoms. The van der Waals surface area contributed by atoms with Gasteiger partial charge in [0.2, 0.25) is 0 Å². The summed E-state index contributed by atoms with van der Waals surface area (Å²) < 4.78 is 27.4. The molecule has 8 heteroatoms. The zero-order chi connectivity index (χ0) is 34.3. The molecule has 0 bridgehead atoms. The van der Waals surface area contributed by atoms with E-state index < -0.39 is 15.8 Å². The third-order valence-corrected chi connectivity index (χ3v) is 17.0. The van der Waals surface area contributed by atoms with E-state index in [-0.39, 0.29) is 43.6 Å². The van der Waals surface area contributed by atoms with Crippen LogP contribution in [0, 0.1) is 49.8 Å². The molecule has 0 heterocycles. The number of benzene rings is 3. The molecule has 0 N–H and O–H groups in total. The van der Waals surface area contributed by atoms with Crippen molar-refractivity contribution >= 4 is 36.6 Å². The molecular weight excluding hydrogens is 756 g/mol. The third-order valence-electron chi connectivity index (χ3n) is 9.06. The van der Waals surface area contributed by atoms with Crippen molar-refractivity contribution in [3.05, 3.63) is 111 Å². The van der Waals surface area contributed by atoms with Crippen molar-refractivity contribution in [2.75, 3.05) is 0 Å². The van der Waals surface area contributed by atoms with Crippen LogP contribution in [0.3, 0.4) is 0 Å². The largest absolute Gasteiger partial charge is 2.00 e. The smallest absolute Gasteiger partial charge is 2.00 e. The van der Waals surface area contributed by atoms with E-state index in [1.54, 1.807) is 48.5 Å². The molecule has 277 valence electrons. The number of hydrogen-bond donors (Lipinski definition) is 0. The molecule has 2 aliphatic rings. The van der Waals surface area contributed by atoms with Crippen LogP contribution in [0.25, 0.3) is 0 Å². The zero-order valence-corrected chi connectivity index (χ0v) is 35.9. The van der Waals surface area contributed by atoms with Gasteiger partial charge in [-0.3, -0.25) is 0 Å². The molecule has 3 atom stereocenters. The Kier molecular flexibility index (Phi) is 25.9. The van der Waals surface area contributed by atoms with E-state index in [9.17, 15) is 8.78 Å². The fraction of sp³-hybridized carbons (Fsp3) is 0.488. The third kappa shape index (κ3) is 16.6. The second-order valence-corrected chi connectivity index (χ2v) is 22.0. The molecule has 0 spiro atoms. The van der Waals surface area contributed by atoms with Gasteiger partial charge >= 0.3 is 41.8 Å². The van der Waals surface area contributed by atoms with Crippen LogP contribution in [-0.2, 0) is 31.6 Å². The Morgan fingerprint density at radius 3 is 1.45 bits per heavy atom. The fourth-order valence-electron chi connectivity index (χ4n) is 7.85. The van der Waals surface area contributed by atoms with Crippen LogP contribution in [0.4, 0.5) is 8.78 Å². The van der Waals surface area contributed by atoms with Gasteiger partial charge in [0.15, 0.2) is 0 Å². The molecule has 3 aromatic carbocycles. The second-order valence-electron chi connectivity index (χ2n) is 14.5. The van der Waals surface area contributed by atoms with Crippen molar-refractivity contribution in [2.45, 2.75) is 121 Å². The molecule has 0 amide bonds. The predicted molar refractivity (Wildman–Crippen MR) is 211 cm³/mol. The summed E-state index contributed by atoms with van der Waals surface area (Å²) in [5.74, 6) is 0.300. The zero-order valence-electron chi connectivity index (χ0n) is 31.1. The molecule has 0 radical (unpaired) electrons. The summed E-state index contributed by atoms with van der Waals surface area (Å²) in [5.41, 5.74) is 1.97. The fourth-order valence-corrected chi connectivity index (χ4v) is 17.5. The Balaban J connectivity index is 0. The van der Waals surface area contributed by atoms with Crippen molar-refractivity contribution in [3.8, 4) is 6.07 Å². The average Bonchev–Trinajstić information content (AvgIpc) is 3.76. The summed E-state index contributed by atoms with van der Waals surface area (Å²) in [5, 5.41) is 11.4. The average molecular weight is 817 g/mol. The molecular formula is C41H60ClF2FeNNiP2+. The van der Waals surface area contributed by atoms with Gasteiger partial charge in [-0.25, -0.2) is 8.78 Å². The molecule has 2 unspecified atom stereocenters. The van der Waals surface area contributed by atoms with Crippen LogP contribution in [0.1, 0.15) is 105 Å². The van der Waals surface area contributed by atoms with Crippen LogP contribution in [0.2, 0.25) is 0 Å². The van der Waals surface area contributed by atoms with Gasteiger partial charge in [-0.15, -0.1) is 0 Å². The van der Waals surface area contributed by atoms with Gasteiger partial charge < -0.3 is 14.9 Å².